The van der Waals surface area contributed by atoms with Gasteiger partial charge in [-0.15, -0.1) is 0 Å². The van der Waals surface area contributed by atoms with Gasteiger partial charge in [0.05, 0.1) is 33.0 Å². The van der Waals surface area contributed by atoms with E-state index >= 15 is 0 Å². The number of hydrogen-bond acceptors (Lipinski definition) is 5. The summed E-state index contributed by atoms with van der Waals surface area (Å²) in [6, 6.07) is 0. The fourth-order valence-corrected chi connectivity index (χ4v) is 2.27. The molecule has 114 valence electrons. The van der Waals surface area contributed by atoms with Gasteiger partial charge in [-0.2, -0.15) is 0 Å². The van der Waals surface area contributed by atoms with Crippen molar-refractivity contribution >= 4 is 0 Å². The highest BCUT2D eigenvalue weighted by Gasteiger charge is 2.23. The third kappa shape index (κ3) is 8.55. The van der Waals surface area contributed by atoms with Gasteiger partial charge in [-0.25, -0.2) is 0 Å². The molecule has 0 aliphatic carbocycles. The lowest BCUT2D eigenvalue weighted by Gasteiger charge is -2.29. The number of hydrogen-bond donors (Lipinski definition) is 1. The standard InChI is InChI=1S/C14H30N2O3/c1-14(2)13-16(6-4-5-15-14)7-8-18-11-12-19-10-9-17-3/h15H,4-13H2,1-3H3. The molecular formula is C14H30N2O3. The van der Waals surface area contributed by atoms with Gasteiger partial charge in [-0.3, -0.25) is 4.90 Å². The molecule has 0 atom stereocenters. The Kier molecular flexibility index (Phi) is 8.57. The van der Waals surface area contributed by atoms with Crippen LogP contribution < -0.4 is 5.32 Å². The minimum absolute atomic E-state index is 0.208. The fourth-order valence-electron chi connectivity index (χ4n) is 2.27. The number of methoxy groups -OCH3 is 1. The van der Waals surface area contributed by atoms with Gasteiger partial charge in [0, 0.05) is 25.7 Å². The summed E-state index contributed by atoms with van der Waals surface area (Å²) in [5.74, 6) is 0. The van der Waals surface area contributed by atoms with Gasteiger partial charge in [0.1, 0.15) is 0 Å². The van der Waals surface area contributed by atoms with Crippen molar-refractivity contribution in [2.75, 3.05) is 66.3 Å². The zero-order valence-electron chi connectivity index (χ0n) is 12.7. The van der Waals surface area contributed by atoms with Crippen LogP contribution in [0.3, 0.4) is 0 Å². The molecule has 5 nitrogen and oxygen atoms in total. The molecule has 19 heavy (non-hydrogen) atoms. The lowest BCUT2D eigenvalue weighted by molar-refractivity contribution is 0.0188. The molecule has 0 spiro atoms. The third-order valence-corrected chi connectivity index (χ3v) is 3.23. The average molecular weight is 274 g/mol. The van der Waals surface area contributed by atoms with Crippen molar-refractivity contribution in [1.29, 1.82) is 0 Å². The van der Waals surface area contributed by atoms with Gasteiger partial charge in [-0.05, 0) is 33.4 Å². The Bertz CT molecular complexity index is 225. The van der Waals surface area contributed by atoms with Crippen molar-refractivity contribution < 1.29 is 14.2 Å². The maximum atomic E-state index is 5.60. The van der Waals surface area contributed by atoms with Crippen LogP contribution in [0.1, 0.15) is 20.3 Å². The second kappa shape index (κ2) is 9.66. The first-order valence-electron chi connectivity index (χ1n) is 7.26. The summed E-state index contributed by atoms with van der Waals surface area (Å²) < 4.78 is 15.8. The van der Waals surface area contributed by atoms with E-state index in [0.717, 1.165) is 32.8 Å². The SMILES string of the molecule is COCCOCCOCCN1CCCNC(C)(C)C1. The quantitative estimate of drug-likeness (QED) is 0.628. The summed E-state index contributed by atoms with van der Waals surface area (Å²) in [4.78, 5) is 2.48. The Morgan fingerprint density at radius 2 is 1.74 bits per heavy atom. The molecule has 1 aliphatic heterocycles. The molecule has 1 saturated heterocycles. The van der Waals surface area contributed by atoms with Gasteiger partial charge in [0.15, 0.2) is 0 Å². The Morgan fingerprint density at radius 1 is 1.05 bits per heavy atom. The summed E-state index contributed by atoms with van der Waals surface area (Å²) in [6.45, 7) is 12.3. The molecule has 1 fully saturated rings. The third-order valence-electron chi connectivity index (χ3n) is 3.23. The normalized spacial score (nSPS) is 20.4. The topological polar surface area (TPSA) is 43.0 Å². The predicted molar refractivity (Wildman–Crippen MR) is 76.7 cm³/mol. The van der Waals surface area contributed by atoms with Crippen molar-refractivity contribution in [3.8, 4) is 0 Å². The molecule has 0 aromatic rings. The van der Waals surface area contributed by atoms with E-state index in [1.807, 2.05) is 0 Å². The van der Waals surface area contributed by atoms with Crippen LogP contribution in [0.5, 0.6) is 0 Å². The Hall–Kier alpha value is -0.200. The summed E-state index contributed by atoms with van der Waals surface area (Å²) in [5.41, 5.74) is 0.208. The maximum Gasteiger partial charge on any atom is 0.0701 e. The van der Waals surface area contributed by atoms with Crippen molar-refractivity contribution in [1.82, 2.24) is 10.2 Å². The van der Waals surface area contributed by atoms with Crippen molar-refractivity contribution in [3.63, 3.8) is 0 Å². The van der Waals surface area contributed by atoms with Gasteiger partial charge < -0.3 is 19.5 Å². The summed E-state index contributed by atoms with van der Waals surface area (Å²) in [5, 5.41) is 3.57. The highest BCUT2D eigenvalue weighted by atomic mass is 16.5. The van der Waals surface area contributed by atoms with E-state index in [-0.39, 0.29) is 5.54 Å². The second-order valence-electron chi connectivity index (χ2n) is 5.66. The molecule has 5 heteroatoms. The highest BCUT2D eigenvalue weighted by Crippen LogP contribution is 2.09. The molecule has 0 aromatic heterocycles. The Labute approximate surface area is 117 Å². The van der Waals surface area contributed by atoms with Crippen LogP contribution in [0.4, 0.5) is 0 Å². The minimum Gasteiger partial charge on any atom is -0.382 e. The zero-order valence-corrected chi connectivity index (χ0v) is 12.7. The molecule has 0 bridgehead atoms. The Balaban J connectivity index is 1.99. The van der Waals surface area contributed by atoms with Crippen molar-refractivity contribution in [3.05, 3.63) is 0 Å². The average Bonchev–Trinajstić information content (AvgIpc) is 2.53. The molecular weight excluding hydrogens is 244 g/mol. The van der Waals surface area contributed by atoms with Gasteiger partial charge in [0.2, 0.25) is 0 Å². The van der Waals surface area contributed by atoms with Gasteiger partial charge in [-0.1, -0.05) is 0 Å². The summed E-state index contributed by atoms with van der Waals surface area (Å²) in [7, 11) is 1.68. The molecule has 1 rings (SSSR count). The number of nitrogens with zero attached hydrogens (tertiary/aromatic N) is 1. The molecule has 0 aromatic carbocycles. The first kappa shape index (κ1) is 16.9. The molecule has 1 heterocycles. The predicted octanol–water partition coefficient (Wildman–Crippen LogP) is 0.740. The molecule has 0 unspecified atom stereocenters. The van der Waals surface area contributed by atoms with E-state index in [1.54, 1.807) is 7.11 Å². The number of rotatable bonds is 9. The van der Waals surface area contributed by atoms with Crippen LogP contribution >= 0.6 is 0 Å². The van der Waals surface area contributed by atoms with E-state index in [0.29, 0.717) is 26.4 Å². The monoisotopic (exact) mass is 274 g/mol. The van der Waals surface area contributed by atoms with Crippen LogP contribution in [0.15, 0.2) is 0 Å². The van der Waals surface area contributed by atoms with Crippen LogP contribution in [0, 0.1) is 0 Å². The first-order chi connectivity index (χ1) is 9.14. The number of nitrogens with one attached hydrogen (secondary N) is 1. The highest BCUT2D eigenvalue weighted by molar-refractivity contribution is 4.84. The van der Waals surface area contributed by atoms with E-state index < -0.39 is 0 Å². The van der Waals surface area contributed by atoms with Gasteiger partial charge in [0.25, 0.3) is 0 Å². The Morgan fingerprint density at radius 3 is 2.47 bits per heavy atom. The molecule has 0 radical (unpaired) electrons. The first-order valence-corrected chi connectivity index (χ1v) is 7.26. The van der Waals surface area contributed by atoms with Crippen LogP contribution in [0.2, 0.25) is 0 Å². The second-order valence-corrected chi connectivity index (χ2v) is 5.66. The number of ether oxygens (including phenoxy) is 3. The zero-order chi connectivity index (χ0) is 14.0. The van der Waals surface area contributed by atoms with Gasteiger partial charge >= 0.3 is 0 Å². The lowest BCUT2D eigenvalue weighted by Crippen LogP contribution is -2.47. The van der Waals surface area contributed by atoms with E-state index in [2.05, 4.69) is 24.1 Å². The fraction of sp³-hybridized carbons (Fsp3) is 1.00. The minimum atomic E-state index is 0.208. The summed E-state index contributed by atoms with van der Waals surface area (Å²) >= 11 is 0. The smallest absolute Gasteiger partial charge is 0.0701 e. The molecule has 0 amide bonds. The van der Waals surface area contributed by atoms with E-state index in [1.165, 1.54) is 6.42 Å². The van der Waals surface area contributed by atoms with Crippen LogP contribution in [-0.2, 0) is 14.2 Å². The maximum absolute atomic E-state index is 5.60. The largest absolute Gasteiger partial charge is 0.382 e. The van der Waals surface area contributed by atoms with Crippen LogP contribution in [-0.4, -0.2) is 76.8 Å². The molecule has 0 saturated carbocycles. The lowest BCUT2D eigenvalue weighted by atomic mass is 10.1. The molecule has 1 N–H and O–H groups in total. The van der Waals surface area contributed by atoms with Crippen molar-refractivity contribution in [2.45, 2.75) is 25.8 Å². The summed E-state index contributed by atoms with van der Waals surface area (Å²) in [6.07, 6.45) is 1.21. The molecule has 1 aliphatic rings. The van der Waals surface area contributed by atoms with Crippen LogP contribution in [0.25, 0.3) is 0 Å². The van der Waals surface area contributed by atoms with Crippen molar-refractivity contribution in [2.24, 2.45) is 0 Å². The van der Waals surface area contributed by atoms with E-state index in [4.69, 9.17) is 14.2 Å². The van der Waals surface area contributed by atoms with E-state index in [9.17, 15) is 0 Å².